The molecular weight excluding hydrogens is 321 g/mol. The highest BCUT2D eigenvalue weighted by molar-refractivity contribution is 9.10. The van der Waals surface area contributed by atoms with Crippen LogP contribution >= 0.6 is 27.5 Å². The number of hydrogen-bond acceptors (Lipinski definition) is 3. The molecular formula is C12H10BrClFN3. The minimum Gasteiger partial charge on any atom is -0.271 e. The molecule has 1 heterocycles. The molecule has 0 aliphatic rings. The van der Waals surface area contributed by atoms with Gasteiger partial charge >= 0.3 is 0 Å². The van der Waals surface area contributed by atoms with E-state index in [-0.39, 0.29) is 0 Å². The maximum Gasteiger partial charge on any atom is 0.129 e. The Bertz CT molecular complexity index is 565. The topological polar surface area (TPSA) is 50.9 Å². The number of pyridine rings is 1. The first-order chi connectivity index (χ1) is 8.63. The van der Waals surface area contributed by atoms with E-state index in [9.17, 15) is 4.39 Å². The molecule has 0 radical (unpaired) electrons. The zero-order chi connectivity index (χ0) is 13.1. The van der Waals surface area contributed by atoms with Gasteiger partial charge in [-0.2, -0.15) is 0 Å². The van der Waals surface area contributed by atoms with Gasteiger partial charge in [0, 0.05) is 21.3 Å². The maximum absolute atomic E-state index is 13.9. The Balaban J connectivity index is 2.49. The molecule has 1 aromatic carbocycles. The molecule has 0 saturated heterocycles. The van der Waals surface area contributed by atoms with Gasteiger partial charge in [0.2, 0.25) is 0 Å². The quantitative estimate of drug-likeness (QED) is 0.671. The number of aromatic nitrogens is 1. The van der Waals surface area contributed by atoms with Gasteiger partial charge in [0.25, 0.3) is 0 Å². The Kier molecular flexibility index (Phi) is 4.29. The van der Waals surface area contributed by atoms with E-state index < -0.39 is 11.9 Å². The van der Waals surface area contributed by atoms with Gasteiger partial charge in [0.1, 0.15) is 5.82 Å². The summed E-state index contributed by atoms with van der Waals surface area (Å²) in [5.41, 5.74) is 3.56. The van der Waals surface area contributed by atoms with Crippen LogP contribution in [0.2, 0.25) is 5.02 Å². The molecule has 0 aliphatic carbocycles. The first-order valence-corrected chi connectivity index (χ1v) is 6.32. The van der Waals surface area contributed by atoms with Crippen LogP contribution in [0.25, 0.3) is 0 Å². The lowest BCUT2D eigenvalue weighted by Gasteiger charge is -2.17. The Hall–Kier alpha value is -1.01. The summed E-state index contributed by atoms with van der Waals surface area (Å²) < 4.78 is 14.6. The summed E-state index contributed by atoms with van der Waals surface area (Å²) in [5.74, 6) is 5.07. The minimum atomic E-state index is -0.544. The molecule has 0 saturated carbocycles. The van der Waals surface area contributed by atoms with Crippen LogP contribution in [0.3, 0.4) is 0 Å². The van der Waals surface area contributed by atoms with E-state index in [0.717, 1.165) is 4.47 Å². The van der Waals surface area contributed by atoms with Crippen LogP contribution in [0.15, 0.2) is 41.0 Å². The van der Waals surface area contributed by atoms with Gasteiger partial charge < -0.3 is 0 Å². The zero-order valence-corrected chi connectivity index (χ0v) is 11.5. The molecule has 0 bridgehead atoms. The smallest absolute Gasteiger partial charge is 0.129 e. The van der Waals surface area contributed by atoms with Crippen LogP contribution in [0.5, 0.6) is 0 Å². The maximum atomic E-state index is 13.9. The fraction of sp³-hybridized carbons (Fsp3) is 0.0833. The summed E-state index contributed by atoms with van der Waals surface area (Å²) in [7, 11) is 0. The summed E-state index contributed by atoms with van der Waals surface area (Å²) >= 11 is 9.09. The number of nitrogens with zero attached hydrogens (tertiary/aromatic N) is 1. The van der Waals surface area contributed by atoms with Crippen molar-refractivity contribution < 1.29 is 4.39 Å². The monoisotopic (exact) mass is 329 g/mol. The van der Waals surface area contributed by atoms with Crippen molar-refractivity contribution in [2.45, 2.75) is 6.04 Å². The van der Waals surface area contributed by atoms with Crippen LogP contribution < -0.4 is 11.3 Å². The van der Waals surface area contributed by atoms with Crippen LogP contribution in [-0.2, 0) is 0 Å². The first kappa shape index (κ1) is 13.4. The SMILES string of the molecule is NNC(c1ccc(Cl)cc1F)c1ncccc1Br. The van der Waals surface area contributed by atoms with Crippen molar-refractivity contribution in [2.75, 3.05) is 0 Å². The van der Waals surface area contributed by atoms with Crippen LogP contribution in [0.1, 0.15) is 17.3 Å². The van der Waals surface area contributed by atoms with Crippen molar-refractivity contribution >= 4 is 27.5 Å². The lowest BCUT2D eigenvalue weighted by Crippen LogP contribution is -2.30. The number of benzene rings is 1. The normalized spacial score (nSPS) is 12.4. The molecule has 0 fully saturated rings. The summed E-state index contributed by atoms with van der Waals surface area (Å²) in [6.07, 6.45) is 1.62. The number of halogens is 3. The average molecular weight is 331 g/mol. The van der Waals surface area contributed by atoms with E-state index in [1.807, 2.05) is 6.07 Å². The fourth-order valence-electron chi connectivity index (χ4n) is 1.66. The van der Waals surface area contributed by atoms with E-state index in [1.165, 1.54) is 6.07 Å². The third kappa shape index (κ3) is 2.70. The number of hydrogen-bond donors (Lipinski definition) is 2. The highest BCUT2D eigenvalue weighted by Gasteiger charge is 2.20. The molecule has 1 atom stereocenters. The third-order valence-electron chi connectivity index (χ3n) is 2.50. The second-order valence-electron chi connectivity index (χ2n) is 3.64. The Morgan fingerprint density at radius 3 is 2.78 bits per heavy atom. The fourth-order valence-corrected chi connectivity index (χ4v) is 2.30. The molecule has 0 aliphatic heterocycles. The molecule has 3 nitrogen and oxygen atoms in total. The predicted molar refractivity (Wildman–Crippen MR) is 72.5 cm³/mol. The summed E-state index contributed by atoms with van der Waals surface area (Å²) in [4.78, 5) is 4.20. The van der Waals surface area contributed by atoms with Crippen molar-refractivity contribution in [3.05, 3.63) is 63.1 Å². The average Bonchev–Trinajstić information content (AvgIpc) is 2.34. The van der Waals surface area contributed by atoms with E-state index in [2.05, 4.69) is 26.3 Å². The first-order valence-electron chi connectivity index (χ1n) is 5.15. The minimum absolute atomic E-state index is 0.340. The van der Waals surface area contributed by atoms with Crippen molar-refractivity contribution in [2.24, 2.45) is 5.84 Å². The molecule has 3 N–H and O–H groups in total. The Labute approximate surface area is 117 Å². The van der Waals surface area contributed by atoms with Crippen molar-refractivity contribution in [3.63, 3.8) is 0 Å². The Morgan fingerprint density at radius 1 is 1.39 bits per heavy atom. The number of rotatable bonds is 3. The van der Waals surface area contributed by atoms with Gasteiger partial charge in [-0.05, 0) is 40.2 Å². The molecule has 94 valence electrons. The third-order valence-corrected chi connectivity index (χ3v) is 3.41. The molecule has 6 heteroatoms. The van der Waals surface area contributed by atoms with Crippen molar-refractivity contribution in [3.8, 4) is 0 Å². The molecule has 1 unspecified atom stereocenters. The molecule has 2 rings (SSSR count). The van der Waals surface area contributed by atoms with Gasteiger partial charge in [-0.15, -0.1) is 0 Å². The van der Waals surface area contributed by atoms with Gasteiger partial charge in [0.15, 0.2) is 0 Å². The summed E-state index contributed by atoms with van der Waals surface area (Å²) in [6.45, 7) is 0. The van der Waals surface area contributed by atoms with Gasteiger partial charge in [-0.25, -0.2) is 9.82 Å². The zero-order valence-electron chi connectivity index (χ0n) is 9.20. The van der Waals surface area contributed by atoms with Gasteiger partial charge in [0.05, 0.1) is 11.7 Å². The number of hydrazine groups is 1. The summed E-state index contributed by atoms with van der Waals surface area (Å²) in [5, 5.41) is 0.340. The Morgan fingerprint density at radius 2 is 2.17 bits per heavy atom. The molecule has 1 aromatic heterocycles. The van der Waals surface area contributed by atoms with E-state index in [1.54, 1.807) is 24.4 Å². The van der Waals surface area contributed by atoms with E-state index in [0.29, 0.717) is 16.3 Å². The van der Waals surface area contributed by atoms with Gasteiger partial charge in [-0.3, -0.25) is 10.8 Å². The molecule has 18 heavy (non-hydrogen) atoms. The van der Waals surface area contributed by atoms with Crippen LogP contribution in [0, 0.1) is 5.82 Å². The number of nitrogens with one attached hydrogen (secondary N) is 1. The van der Waals surface area contributed by atoms with Crippen LogP contribution in [-0.4, -0.2) is 4.98 Å². The largest absolute Gasteiger partial charge is 0.271 e. The van der Waals surface area contributed by atoms with Gasteiger partial charge in [-0.1, -0.05) is 17.7 Å². The molecule has 2 aromatic rings. The molecule has 0 spiro atoms. The van der Waals surface area contributed by atoms with Crippen molar-refractivity contribution in [1.82, 2.24) is 10.4 Å². The lowest BCUT2D eigenvalue weighted by molar-refractivity contribution is 0.552. The van der Waals surface area contributed by atoms with E-state index in [4.69, 9.17) is 17.4 Å². The van der Waals surface area contributed by atoms with E-state index >= 15 is 0 Å². The highest BCUT2D eigenvalue weighted by atomic mass is 79.9. The predicted octanol–water partition coefficient (Wildman–Crippen LogP) is 3.19. The van der Waals surface area contributed by atoms with Crippen LogP contribution in [0.4, 0.5) is 4.39 Å². The number of nitrogens with two attached hydrogens (primary N) is 1. The second kappa shape index (κ2) is 5.75. The second-order valence-corrected chi connectivity index (χ2v) is 4.93. The molecule has 0 amide bonds. The lowest BCUT2D eigenvalue weighted by atomic mass is 10.0. The standard InChI is InChI=1S/C12H10BrClFN3/c13-9-2-1-5-17-12(9)11(18-16)8-4-3-7(14)6-10(8)15/h1-6,11,18H,16H2. The summed E-state index contributed by atoms with van der Waals surface area (Å²) in [6, 6.07) is 7.50. The van der Waals surface area contributed by atoms with Crippen molar-refractivity contribution in [1.29, 1.82) is 0 Å². The highest BCUT2D eigenvalue weighted by Crippen LogP contribution is 2.28.